The standard InChI is InChI=1S/C13H24N3O5P/c1-4-20-22(21-5-2)10-19-12(18-3)7-9-16-8-6-11(14)15-13(16)17/h6,8,12H,4-5,7,9-10H2,1-3H3,(H2,14,15,17). The van der Waals surface area contributed by atoms with Crippen LogP contribution in [-0.4, -0.2) is 42.5 Å². The molecule has 1 heterocycles. The van der Waals surface area contributed by atoms with Crippen molar-refractivity contribution in [2.75, 3.05) is 32.4 Å². The van der Waals surface area contributed by atoms with Gasteiger partial charge in [0.25, 0.3) is 0 Å². The van der Waals surface area contributed by atoms with E-state index in [1.807, 2.05) is 13.8 Å². The summed E-state index contributed by atoms with van der Waals surface area (Å²) in [6.07, 6.45) is 1.98. The quantitative estimate of drug-likeness (QED) is 0.484. The first-order chi connectivity index (χ1) is 10.6. The van der Waals surface area contributed by atoms with Gasteiger partial charge in [0.15, 0.2) is 14.7 Å². The number of anilines is 1. The van der Waals surface area contributed by atoms with Crippen LogP contribution in [0.1, 0.15) is 20.3 Å². The van der Waals surface area contributed by atoms with Crippen LogP contribution in [-0.2, 0) is 25.1 Å². The van der Waals surface area contributed by atoms with Crippen molar-refractivity contribution >= 4 is 14.2 Å². The largest absolute Gasteiger partial charge is 0.383 e. The lowest BCUT2D eigenvalue weighted by Gasteiger charge is -2.20. The van der Waals surface area contributed by atoms with E-state index in [9.17, 15) is 4.79 Å². The van der Waals surface area contributed by atoms with E-state index in [1.54, 1.807) is 19.4 Å². The number of methoxy groups -OCH3 is 1. The lowest BCUT2D eigenvalue weighted by molar-refractivity contribution is -0.117. The first-order valence-corrected chi connectivity index (χ1v) is 8.47. The lowest BCUT2D eigenvalue weighted by atomic mass is 10.4. The molecule has 0 aliphatic rings. The molecule has 1 aromatic heterocycles. The Morgan fingerprint density at radius 2 is 2.05 bits per heavy atom. The van der Waals surface area contributed by atoms with Crippen LogP contribution in [0, 0.1) is 0 Å². The third-order valence-electron chi connectivity index (χ3n) is 2.68. The normalized spacial score (nSPS) is 12.7. The van der Waals surface area contributed by atoms with E-state index in [0.29, 0.717) is 32.5 Å². The molecule has 0 aromatic carbocycles. The van der Waals surface area contributed by atoms with Crippen LogP contribution in [0.4, 0.5) is 5.82 Å². The van der Waals surface area contributed by atoms with Gasteiger partial charge in [0.05, 0.1) is 13.2 Å². The molecule has 0 saturated heterocycles. The summed E-state index contributed by atoms with van der Waals surface area (Å²) in [6, 6.07) is 1.58. The summed E-state index contributed by atoms with van der Waals surface area (Å²) in [5.74, 6) is 0.208. The second-order valence-corrected chi connectivity index (χ2v) is 5.69. The molecule has 0 fully saturated rings. The van der Waals surface area contributed by atoms with Crippen LogP contribution in [0.2, 0.25) is 0 Å². The molecular formula is C13H24N3O5P. The smallest absolute Gasteiger partial charge is 0.349 e. The topological polar surface area (TPSA) is 97.8 Å². The molecule has 0 spiro atoms. The van der Waals surface area contributed by atoms with Gasteiger partial charge in [-0.3, -0.25) is 4.57 Å². The Balaban J connectivity index is 2.45. The SMILES string of the molecule is CCOP(COC(CCn1ccc(N)nc1=O)OC)OCC. The molecule has 1 rings (SSSR count). The maximum atomic E-state index is 11.6. The number of rotatable bonds is 11. The molecule has 0 saturated carbocycles. The van der Waals surface area contributed by atoms with E-state index in [-0.39, 0.29) is 11.5 Å². The fourth-order valence-electron chi connectivity index (χ4n) is 1.67. The van der Waals surface area contributed by atoms with Gasteiger partial charge in [-0.25, -0.2) is 4.79 Å². The summed E-state index contributed by atoms with van der Waals surface area (Å²) in [7, 11) is 0.480. The number of hydrogen-bond acceptors (Lipinski definition) is 7. The highest BCUT2D eigenvalue weighted by atomic mass is 31.2. The van der Waals surface area contributed by atoms with Crippen molar-refractivity contribution in [2.24, 2.45) is 0 Å². The van der Waals surface area contributed by atoms with E-state index in [2.05, 4.69) is 4.98 Å². The third kappa shape index (κ3) is 6.81. The maximum Gasteiger partial charge on any atom is 0.349 e. The summed E-state index contributed by atoms with van der Waals surface area (Å²) in [4.78, 5) is 15.3. The van der Waals surface area contributed by atoms with Gasteiger partial charge in [0, 0.05) is 26.3 Å². The fraction of sp³-hybridized carbons (Fsp3) is 0.692. The maximum absolute atomic E-state index is 11.6. The van der Waals surface area contributed by atoms with Gasteiger partial charge >= 0.3 is 5.69 Å². The molecule has 1 unspecified atom stereocenters. The highest BCUT2D eigenvalue weighted by Gasteiger charge is 2.15. The Labute approximate surface area is 131 Å². The summed E-state index contributed by atoms with van der Waals surface area (Å²) >= 11 is 0. The van der Waals surface area contributed by atoms with Crippen molar-refractivity contribution < 1.29 is 18.5 Å². The number of hydrogen-bond donors (Lipinski definition) is 1. The molecule has 0 aliphatic carbocycles. The van der Waals surface area contributed by atoms with E-state index >= 15 is 0 Å². The Kier molecular flexibility index (Phi) is 9.19. The molecule has 0 bridgehead atoms. The van der Waals surface area contributed by atoms with Crippen LogP contribution >= 0.6 is 8.38 Å². The van der Waals surface area contributed by atoms with Crippen molar-refractivity contribution in [1.82, 2.24) is 9.55 Å². The van der Waals surface area contributed by atoms with Crippen molar-refractivity contribution in [3.8, 4) is 0 Å². The monoisotopic (exact) mass is 333 g/mol. The number of aromatic nitrogens is 2. The molecule has 2 N–H and O–H groups in total. The van der Waals surface area contributed by atoms with Crippen molar-refractivity contribution in [3.63, 3.8) is 0 Å². The molecule has 22 heavy (non-hydrogen) atoms. The molecule has 126 valence electrons. The Morgan fingerprint density at radius 3 is 2.59 bits per heavy atom. The predicted octanol–water partition coefficient (Wildman–Crippen LogP) is 1.55. The molecular weight excluding hydrogens is 309 g/mol. The molecule has 1 atom stereocenters. The van der Waals surface area contributed by atoms with Crippen LogP contribution in [0.15, 0.2) is 17.1 Å². The molecule has 0 aliphatic heterocycles. The average molecular weight is 333 g/mol. The highest BCUT2D eigenvalue weighted by molar-refractivity contribution is 7.47. The van der Waals surface area contributed by atoms with E-state index in [4.69, 9.17) is 24.3 Å². The summed E-state index contributed by atoms with van der Waals surface area (Å²) in [5.41, 5.74) is 5.06. The Morgan fingerprint density at radius 1 is 1.36 bits per heavy atom. The number of nitrogens with two attached hydrogens (primary N) is 1. The average Bonchev–Trinajstić information content (AvgIpc) is 2.49. The van der Waals surface area contributed by atoms with Crippen molar-refractivity contribution in [3.05, 3.63) is 22.7 Å². The van der Waals surface area contributed by atoms with Crippen LogP contribution in [0.25, 0.3) is 0 Å². The first kappa shape index (κ1) is 19.0. The highest BCUT2D eigenvalue weighted by Crippen LogP contribution is 2.38. The van der Waals surface area contributed by atoms with Crippen LogP contribution < -0.4 is 11.4 Å². The van der Waals surface area contributed by atoms with Gasteiger partial charge < -0.3 is 24.3 Å². The van der Waals surface area contributed by atoms with Crippen molar-refractivity contribution in [2.45, 2.75) is 33.1 Å². The zero-order valence-electron chi connectivity index (χ0n) is 13.2. The second-order valence-electron chi connectivity index (χ2n) is 4.25. The zero-order valence-corrected chi connectivity index (χ0v) is 14.1. The van der Waals surface area contributed by atoms with Crippen LogP contribution in [0.3, 0.4) is 0 Å². The number of nitrogen functional groups attached to an aromatic ring is 1. The van der Waals surface area contributed by atoms with Crippen LogP contribution in [0.5, 0.6) is 0 Å². The Bertz CT molecular complexity index is 479. The van der Waals surface area contributed by atoms with Gasteiger partial charge in [0.2, 0.25) is 0 Å². The minimum Gasteiger partial charge on any atom is -0.383 e. The molecule has 1 aromatic rings. The third-order valence-corrected chi connectivity index (χ3v) is 4.13. The van der Waals surface area contributed by atoms with Gasteiger partial charge in [-0.1, -0.05) is 0 Å². The van der Waals surface area contributed by atoms with Gasteiger partial charge in [-0.15, -0.1) is 0 Å². The fourth-order valence-corrected chi connectivity index (χ4v) is 2.76. The van der Waals surface area contributed by atoms with E-state index < -0.39 is 14.7 Å². The number of ether oxygens (including phenoxy) is 2. The van der Waals surface area contributed by atoms with E-state index in [0.717, 1.165) is 0 Å². The molecule has 8 nitrogen and oxygen atoms in total. The molecule has 9 heteroatoms. The predicted molar refractivity (Wildman–Crippen MR) is 84.4 cm³/mol. The van der Waals surface area contributed by atoms with E-state index in [1.165, 1.54) is 4.57 Å². The summed E-state index contributed by atoms with van der Waals surface area (Å²) in [6.45, 7) is 5.37. The van der Waals surface area contributed by atoms with Gasteiger partial charge in [-0.2, -0.15) is 4.98 Å². The van der Waals surface area contributed by atoms with Gasteiger partial charge in [0.1, 0.15) is 12.2 Å². The minimum atomic E-state index is -1.07. The number of nitrogens with zero attached hydrogens (tertiary/aromatic N) is 2. The number of aryl methyl sites for hydroxylation is 1. The second kappa shape index (κ2) is 10.6. The Hall–Kier alpha value is -1.05. The summed E-state index contributed by atoms with van der Waals surface area (Å²) < 4.78 is 23.3. The van der Waals surface area contributed by atoms with Gasteiger partial charge in [-0.05, 0) is 19.9 Å². The zero-order chi connectivity index (χ0) is 16.4. The van der Waals surface area contributed by atoms with Crippen molar-refractivity contribution in [1.29, 1.82) is 0 Å². The molecule has 0 radical (unpaired) electrons. The summed E-state index contributed by atoms with van der Waals surface area (Å²) in [5, 5.41) is 0. The molecule has 0 amide bonds. The first-order valence-electron chi connectivity index (χ1n) is 7.11. The lowest BCUT2D eigenvalue weighted by Crippen LogP contribution is -2.26. The minimum absolute atomic E-state index is 0.208.